The number of carboxylic acids is 1. The second-order valence-electron chi connectivity index (χ2n) is 5.90. The van der Waals surface area contributed by atoms with Crippen LogP contribution >= 0.6 is 11.3 Å². The fourth-order valence-electron chi connectivity index (χ4n) is 2.71. The van der Waals surface area contributed by atoms with E-state index in [0.29, 0.717) is 29.5 Å². The first-order chi connectivity index (χ1) is 13.6. The Labute approximate surface area is 163 Å². The summed E-state index contributed by atoms with van der Waals surface area (Å²) in [5, 5.41) is 9.44. The monoisotopic (exact) mass is 430 g/mol. The average molecular weight is 430 g/mol. The molecule has 0 fully saturated rings. The molecule has 1 heterocycles. The van der Waals surface area contributed by atoms with Crippen molar-refractivity contribution in [3.05, 3.63) is 63.7 Å². The zero-order valence-corrected chi connectivity index (χ0v) is 15.4. The van der Waals surface area contributed by atoms with Crippen LogP contribution in [0, 0.1) is 29.1 Å². The average Bonchev–Trinajstić information content (AvgIpc) is 3.00. The van der Waals surface area contributed by atoms with Crippen molar-refractivity contribution in [2.75, 3.05) is 0 Å². The van der Waals surface area contributed by atoms with E-state index in [2.05, 4.69) is 4.99 Å². The van der Waals surface area contributed by atoms with Gasteiger partial charge in [0.1, 0.15) is 6.04 Å². The number of amides is 1. The fraction of sp³-hybridized carbons (Fsp3) is 0.167. The third-order valence-electron chi connectivity index (χ3n) is 4.10. The molecule has 0 saturated heterocycles. The molecule has 152 valence electrons. The second kappa shape index (κ2) is 7.74. The molecule has 1 amide bonds. The number of thiazole rings is 1. The quantitative estimate of drug-likeness (QED) is 0.499. The Morgan fingerprint density at radius 2 is 1.76 bits per heavy atom. The lowest BCUT2D eigenvalue weighted by atomic mass is 10.2. The summed E-state index contributed by atoms with van der Waals surface area (Å²) >= 11 is 0.427. The Kier molecular flexibility index (Phi) is 5.51. The second-order valence-corrected chi connectivity index (χ2v) is 6.87. The summed E-state index contributed by atoms with van der Waals surface area (Å²) in [6.45, 7) is 1.48. The maximum atomic E-state index is 14.2. The third kappa shape index (κ3) is 3.65. The number of carbonyl (C=O) groups excluding carboxylic acids is 1. The van der Waals surface area contributed by atoms with Gasteiger partial charge in [-0.1, -0.05) is 18.3 Å². The van der Waals surface area contributed by atoms with Crippen LogP contribution in [-0.4, -0.2) is 21.6 Å². The molecule has 3 aromatic rings. The highest BCUT2D eigenvalue weighted by Gasteiger charge is 2.26. The molecule has 11 heteroatoms. The van der Waals surface area contributed by atoms with Gasteiger partial charge in [0.15, 0.2) is 33.9 Å². The Balaban J connectivity index is 2.32. The number of rotatable bonds is 4. The molecule has 29 heavy (non-hydrogen) atoms. The summed E-state index contributed by atoms with van der Waals surface area (Å²) in [6, 6.07) is 1.48. The number of aliphatic carboxylic acids is 1. The molecule has 0 aliphatic carbocycles. The van der Waals surface area contributed by atoms with E-state index >= 15 is 0 Å². The topological polar surface area (TPSA) is 71.7 Å². The van der Waals surface area contributed by atoms with Crippen LogP contribution < -0.4 is 4.80 Å². The molecule has 5 nitrogen and oxygen atoms in total. The molecule has 1 N–H and O–H groups in total. The van der Waals surface area contributed by atoms with Crippen molar-refractivity contribution < 1.29 is 36.6 Å². The van der Waals surface area contributed by atoms with Gasteiger partial charge in [-0.2, -0.15) is 4.99 Å². The number of hydrogen-bond donors (Lipinski definition) is 1. The van der Waals surface area contributed by atoms with Crippen LogP contribution in [0.1, 0.15) is 29.7 Å². The molecule has 1 aromatic heterocycles. The van der Waals surface area contributed by atoms with Gasteiger partial charge in [0.25, 0.3) is 5.91 Å². The van der Waals surface area contributed by atoms with Crippen LogP contribution in [0.15, 0.2) is 29.3 Å². The maximum Gasteiger partial charge on any atom is 0.326 e. The van der Waals surface area contributed by atoms with Gasteiger partial charge in [0, 0.05) is 11.6 Å². The lowest BCUT2D eigenvalue weighted by molar-refractivity contribution is -0.140. The molecule has 0 aliphatic rings. The minimum Gasteiger partial charge on any atom is -0.480 e. The molecule has 3 rings (SSSR count). The van der Waals surface area contributed by atoms with E-state index in [0.717, 1.165) is 10.6 Å². The standard InChI is InChI=1S/C18H11F5N2O3S/c1-2-11(17(27)28)25-12-6-10(21)13(22)14(23)15(12)29-18(25)24-16(26)7-3-4-8(19)9(20)5-7/h3-6,11H,2H2,1H3,(H,27,28)/b24-18-. The molecular formula is C18H11F5N2O3S. The lowest BCUT2D eigenvalue weighted by Crippen LogP contribution is -2.27. The predicted molar refractivity (Wildman–Crippen MR) is 92.9 cm³/mol. The summed E-state index contributed by atoms with van der Waals surface area (Å²) in [5.41, 5.74) is -0.661. The summed E-state index contributed by atoms with van der Waals surface area (Å²) in [5.74, 6) is -9.80. The number of carboxylic acid groups (broad SMARTS) is 1. The minimum absolute atomic E-state index is 0.0473. The zero-order valence-electron chi connectivity index (χ0n) is 14.6. The van der Waals surface area contributed by atoms with Gasteiger partial charge in [-0.05, 0) is 24.6 Å². The molecule has 0 spiro atoms. The van der Waals surface area contributed by atoms with Gasteiger partial charge < -0.3 is 9.67 Å². The number of hydrogen-bond acceptors (Lipinski definition) is 3. The SMILES string of the molecule is CCC(C(=O)O)n1/c(=N/C(=O)c2ccc(F)c(F)c2)sc2c(F)c(F)c(F)cc21. The van der Waals surface area contributed by atoms with E-state index in [1.165, 1.54) is 6.92 Å². The molecule has 0 radical (unpaired) electrons. The first kappa shape index (κ1) is 20.6. The van der Waals surface area contributed by atoms with Crippen molar-refractivity contribution >= 4 is 33.4 Å². The van der Waals surface area contributed by atoms with Crippen LogP contribution in [-0.2, 0) is 4.79 Å². The molecule has 0 saturated carbocycles. The van der Waals surface area contributed by atoms with Crippen molar-refractivity contribution in [2.24, 2.45) is 4.99 Å². The summed E-state index contributed by atoms with van der Waals surface area (Å²) in [6.07, 6.45) is -0.0473. The van der Waals surface area contributed by atoms with Crippen molar-refractivity contribution in [1.29, 1.82) is 0 Å². The van der Waals surface area contributed by atoms with E-state index in [1.807, 2.05) is 0 Å². The van der Waals surface area contributed by atoms with Gasteiger partial charge in [-0.15, -0.1) is 0 Å². The molecule has 1 atom stereocenters. The third-order valence-corrected chi connectivity index (χ3v) is 5.17. The molecule has 2 aromatic carbocycles. The Bertz CT molecular complexity index is 1220. The Morgan fingerprint density at radius 1 is 1.07 bits per heavy atom. The smallest absolute Gasteiger partial charge is 0.326 e. The summed E-state index contributed by atoms with van der Waals surface area (Å²) in [7, 11) is 0. The summed E-state index contributed by atoms with van der Waals surface area (Å²) in [4.78, 5) is 27.3. The number of nitrogens with zero attached hydrogens (tertiary/aromatic N) is 2. The normalized spacial score (nSPS) is 13.1. The Morgan fingerprint density at radius 3 is 2.34 bits per heavy atom. The van der Waals surface area contributed by atoms with E-state index in [4.69, 9.17) is 0 Å². The molecule has 1 unspecified atom stereocenters. The first-order valence-electron chi connectivity index (χ1n) is 8.11. The maximum absolute atomic E-state index is 14.2. The number of fused-ring (bicyclic) bond motifs is 1. The van der Waals surface area contributed by atoms with E-state index in [1.54, 1.807) is 0 Å². The first-order valence-corrected chi connectivity index (χ1v) is 8.92. The van der Waals surface area contributed by atoms with Crippen molar-refractivity contribution in [1.82, 2.24) is 4.57 Å². The van der Waals surface area contributed by atoms with Gasteiger partial charge in [0.05, 0.1) is 10.2 Å². The van der Waals surface area contributed by atoms with E-state index in [9.17, 15) is 36.6 Å². The number of aromatic nitrogens is 1. The highest BCUT2D eigenvalue weighted by atomic mass is 32.1. The predicted octanol–water partition coefficient (Wildman–Crippen LogP) is 4.18. The van der Waals surface area contributed by atoms with E-state index < -0.39 is 51.7 Å². The van der Waals surface area contributed by atoms with Crippen LogP contribution in [0.25, 0.3) is 10.2 Å². The minimum atomic E-state index is -1.76. The van der Waals surface area contributed by atoms with Crippen LogP contribution in [0.4, 0.5) is 22.0 Å². The number of benzene rings is 2. The van der Waals surface area contributed by atoms with Crippen molar-refractivity contribution in [2.45, 2.75) is 19.4 Å². The molecule has 0 bridgehead atoms. The lowest BCUT2D eigenvalue weighted by Gasteiger charge is -2.13. The summed E-state index contributed by atoms with van der Waals surface area (Å²) < 4.78 is 68.4. The van der Waals surface area contributed by atoms with Gasteiger partial charge in [0.2, 0.25) is 0 Å². The van der Waals surface area contributed by atoms with Crippen LogP contribution in [0.5, 0.6) is 0 Å². The molecular weight excluding hydrogens is 419 g/mol. The van der Waals surface area contributed by atoms with Gasteiger partial charge in [-0.25, -0.2) is 26.7 Å². The highest BCUT2D eigenvalue weighted by molar-refractivity contribution is 7.16. The largest absolute Gasteiger partial charge is 0.480 e. The Hall–Kier alpha value is -3.08. The van der Waals surface area contributed by atoms with Crippen LogP contribution in [0.3, 0.4) is 0 Å². The zero-order chi connectivity index (χ0) is 21.5. The number of carbonyl (C=O) groups is 2. The van der Waals surface area contributed by atoms with Crippen LogP contribution in [0.2, 0.25) is 0 Å². The molecule has 0 aliphatic heterocycles. The van der Waals surface area contributed by atoms with Crippen molar-refractivity contribution in [3.8, 4) is 0 Å². The van der Waals surface area contributed by atoms with Gasteiger partial charge in [-0.3, -0.25) is 4.79 Å². The number of halogens is 5. The van der Waals surface area contributed by atoms with E-state index in [-0.39, 0.29) is 22.3 Å². The highest BCUT2D eigenvalue weighted by Crippen LogP contribution is 2.28. The fourth-order valence-corrected chi connectivity index (χ4v) is 3.79. The van der Waals surface area contributed by atoms with Gasteiger partial charge >= 0.3 is 5.97 Å². The van der Waals surface area contributed by atoms with Crippen molar-refractivity contribution in [3.63, 3.8) is 0 Å².